The van der Waals surface area contributed by atoms with Gasteiger partial charge in [0.25, 0.3) is 0 Å². The molecule has 0 heterocycles. The van der Waals surface area contributed by atoms with Crippen LogP contribution in [0.25, 0.3) is 0 Å². The monoisotopic (exact) mass is 233 g/mol. The maximum absolute atomic E-state index is 10.9. The first-order chi connectivity index (χ1) is 8.08. The Morgan fingerprint density at radius 1 is 1.47 bits per heavy atom. The Labute approximate surface area is 102 Å². The van der Waals surface area contributed by atoms with Gasteiger partial charge in [0.15, 0.2) is 0 Å². The molecule has 0 saturated heterocycles. The van der Waals surface area contributed by atoms with Crippen molar-refractivity contribution in [2.45, 2.75) is 45.2 Å². The van der Waals surface area contributed by atoms with Gasteiger partial charge in [-0.25, -0.2) is 4.79 Å². The molecule has 0 saturated carbocycles. The minimum atomic E-state index is -0.841. The van der Waals surface area contributed by atoms with Crippen molar-refractivity contribution in [3.05, 3.63) is 34.9 Å². The maximum Gasteiger partial charge on any atom is 0.335 e. The van der Waals surface area contributed by atoms with E-state index >= 15 is 0 Å². The van der Waals surface area contributed by atoms with E-state index in [4.69, 9.17) is 5.11 Å². The number of rotatable bonds is 3. The molecular formula is C14H19NO2. The molecule has 3 heteroatoms. The lowest BCUT2D eigenvalue weighted by Crippen LogP contribution is -2.30. The van der Waals surface area contributed by atoms with Gasteiger partial charge in [0, 0.05) is 12.1 Å². The molecular weight excluding hydrogens is 214 g/mol. The summed E-state index contributed by atoms with van der Waals surface area (Å²) in [6.45, 7) is 4.28. The molecule has 1 aliphatic rings. The Morgan fingerprint density at radius 2 is 2.24 bits per heavy atom. The topological polar surface area (TPSA) is 49.3 Å². The van der Waals surface area contributed by atoms with E-state index in [-0.39, 0.29) is 0 Å². The summed E-state index contributed by atoms with van der Waals surface area (Å²) in [7, 11) is 0. The first kappa shape index (κ1) is 12.1. The predicted octanol–water partition coefficient (Wildman–Crippen LogP) is 2.76. The molecule has 1 atom stereocenters. The van der Waals surface area contributed by atoms with E-state index in [1.165, 1.54) is 11.1 Å². The van der Waals surface area contributed by atoms with Crippen LogP contribution < -0.4 is 5.32 Å². The predicted molar refractivity (Wildman–Crippen MR) is 67.4 cm³/mol. The Kier molecular flexibility index (Phi) is 3.48. The largest absolute Gasteiger partial charge is 0.478 e. The summed E-state index contributed by atoms with van der Waals surface area (Å²) in [5, 5.41) is 12.5. The van der Waals surface area contributed by atoms with Crippen LogP contribution in [0.2, 0.25) is 0 Å². The molecule has 17 heavy (non-hydrogen) atoms. The third-order valence-electron chi connectivity index (χ3n) is 3.24. The fraction of sp³-hybridized carbons (Fsp3) is 0.500. The highest BCUT2D eigenvalue weighted by Gasteiger charge is 2.21. The Balaban J connectivity index is 2.30. The number of benzene rings is 1. The summed E-state index contributed by atoms with van der Waals surface area (Å²) >= 11 is 0. The molecule has 0 amide bonds. The third kappa shape index (κ3) is 2.67. The lowest BCUT2D eigenvalue weighted by Gasteiger charge is -2.28. The van der Waals surface area contributed by atoms with Crippen molar-refractivity contribution in [1.82, 2.24) is 5.32 Å². The molecule has 1 aromatic carbocycles. The van der Waals surface area contributed by atoms with Gasteiger partial charge in [-0.3, -0.25) is 0 Å². The average molecular weight is 233 g/mol. The van der Waals surface area contributed by atoms with E-state index in [0.717, 1.165) is 19.3 Å². The van der Waals surface area contributed by atoms with Crippen LogP contribution in [0.1, 0.15) is 54.2 Å². The number of carboxylic acid groups (broad SMARTS) is 1. The number of aromatic carboxylic acids is 1. The van der Waals surface area contributed by atoms with Crippen molar-refractivity contribution in [2.75, 3.05) is 0 Å². The zero-order chi connectivity index (χ0) is 12.4. The average Bonchev–Trinajstić information content (AvgIpc) is 2.28. The lowest BCUT2D eigenvalue weighted by atomic mass is 9.86. The van der Waals surface area contributed by atoms with Crippen molar-refractivity contribution in [3.63, 3.8) is 0 Å². The number of hydrogen-bond acceptors (Lipinski definition) is 2. The van der Waals surface area contributed by atoms with Gasteiger partial charge in [0.1, 0.15) is 0 Å². The van der Waals surface area contributed by atoms with Crippen molar-refractivity contribution >= 4 is 5.97 Å². The summed E-state index contributed by atoms with van der Waals surface area (Å²) in [6.07, 6.45) is 3.25. The summed E-state index contributed by atoms with van der Waals surface area (Å²) in [5.41, 5.74) is 2.86. The molecule has 92 valence electrons. The summed E-state index contributed by atoms with van der Waals surface area (Å²) in [5.74, 6) is -0.841. The summed E-state index contributed by atoms with van der Waals surface area (Å²) in [6, 6.07) is 6.33. The van der Waals surface area contributed by atoms with Gasteiger partial charge >= 0.3 is 5.97 Å². The third-order valence-corrected chi connectivity index (χ3v) is 3.24. The summed E-state index contributed by atoms with van der Waals surface area (Å²) < 4.78 is 0. The highest BCUT2D eigenvalue weighted by molar-refractivity contribution is 5.88. The van der Waals surface area contributed by atoms with Crippen LogP contribution in [0, 0.1) is 0 Å². The quantitative estimate of drug-likeness (QED) is 0.844. The van der Waals surface area contributed by atoms with E-state index in [1.807, 2.05) is 12.1 Å². The molecule has 0 bridgehead atoms. The van der Waals surface area contributed by atoms with Crippen molar-refractivity contribution in [1.29, 1.82) is 0 Å². The molecule has 0 aromatic heterocycles. The number of fused-ring (bicyclic) bond motifs is 1. The van der Waals surface area contributed by atoms with Crippen LogP contribution in [0.15, 0.2) is 18.2 Å². The molecule has 0 spiro atoms. The second kappa shape index (κ2) is 4.88. The van der Waals surface area contributed by atoms with E-state index < -0.39 is 5.97 Å². The van der Waals surface area contributed by atoms with E-state index in [9.17, 15) is 4.79 Å². The Bertz CT molecular complexity index is 426. The van der Waals surface area contributed by atoms with Crippen molar-refractivity contribution in [3.8, 4) is 0 Å². The van der Waals surface area contributed by atoms with Gasteiger partial charge in [0.2, 0.25) is 0 Å². The fourth-order valence-corrected chi connectivity index (χ4v) is 2.52. The Morgan fingerprint density at radius 3 is 2.88 bits per heavy atom. The minimum Gasteiger partial charge on any atom is -0.478 e. The van der Waals surface area contributed by atoms with Gasteiger partial charge in [-0.15, -0.1) is 0 Å². The maximum atomic E-state index is 10.9. The molecule has 0 fully saturated rings. The second-order valence-corrected chi connectivity index (χ2v) is 4.98. The molecule has 2 N–H and O–H groups in total. The second-order valence-electron chi connectivity index (χ2n) is 4.98. The van der Waals surface area contributed by atoms with E-state index in [2.05, 4.69) is 19.2 Å². The lowest BCUT2D eigenvalue weighted by molar-refractivity contribution is 0.0696. The van der Waals surface area contributed by atoms with Crippen LogP contribution in [-0.2, 0) is 6.42 Å². The number of nitrogens with one attached hydrogen (secondary N) is 1. The summed E-state index contributed by atoms with van der Waals surface area (Å²) in [4.78, 5) is 10.9. The van der Waals surface area contributed by atoms with Crippen LogP contribution in [-0.4, -0.2) is 17.1 Å². The number of carboxylic acids is 1. The van der Waals surface area contributed by atoms with Crippen LogP contribution in [0.5, 0.6) is 0 Å². The molecule has 1 aromatic rings. The molecule has 1 unspecified atom stereocenters. The molecule has 0 radical (unpaired) electrons. The zero-order valence-corrected chi connectivity index (χ0v) is 10.4. The first-order valence-electron chi connectivity index (χ1n) is 6.20. The van der Waals surface area contributed by atoms with Crippen LogP contribution in [0.4, 0.5) is 0 Å². The SMILES string of the molecule is CC(C)NC1CCCc2cc(C(=O)O)ccc21. The molecule has 2 rings (SSSR count). The standard InChI is InChI=1S/C14H19NO2/c1-9(2)15-13-5-3-4-10-8-11(14(16)17)6-7-12(10)13/h6-9,13,15H,3-5H2,1-2H3,(H,16,17). The van der Waals surface area contributed by atoms with E-state index in [1.54, 1.807) is 6.07 Å². The highest BCUT2D eigenvalue weighted by Crippen LogP contribution is 2.30. The van der Waals surface area contributed by atoms with Gasteiger partial charge < -0.3 is 10.4 Å². The van der Waals surface area contributed by atoms with Gasteiger partial charge in [-0.05, 0) is 42.5 Å². The molecule has 3 nitrogen and oxygen atoms in total. The van der Waals surface area contributed by atoms with Crippen molar-refractivity contribution in [2.24, 2.45) is 0 Å². The van der Waals surface area contributed by atoms with E-state index in [0.29, 0.717) is 17.6 Å². The van der Waals surface area contributed by atoms with Crippen LogP contribution >= 0.6 is 0 Å². The number of carbonyl (C=O) groups is 1. The smallest absolute Gasteiger partial charge is 0.335 e. The number of aryl methyl sites for hydroxylation is 1. The van der Waals surface area contributed by atoms with Gasteiger partial charge in [-0.2, -0.15) is 0 Å². The Hall–Kier alpha value is -1.35. The van der Waals surface area contributed by atoms with Crippen molar-refractivity contribution < 1.29 is 9.90 Å². The van der Waals surface area contributed by atoms with Crippen LogP contribution in [0.3, 0.4) is 0 Å². The fourth-order valence-electron chi connectivity index (χ4n) is 2.52. The molecule has 1 aliphatic carbocycles. The normalized spacial score (nSPS) is 19.1. The zero-order valence-electron chi connectivity index (χ0n) is 10.4. The minimum absolute atomic E-state index is 0.376. The van der Waals surface area contributed by atoms with Gasteiger partial charge in [-0.1, -0.05) is 19.9 Å². The number of hydrogen-bond donors (Lipinski definition) is 2. The first-order valence-corrected chi connectivity index (χ1v) is 6.20. The molecule has 0 aliphatic heterocycles. The van der Waals surface area contributed by atoms with Gasteiger partial charge in [0.05, 0.1) is 5.56 Å². The highest BCUT2D eigenvalue weighted by atomic mass is 16.4.